The molecule has 2 heterocycles. The van der Waals surface area contributed by atoms with Crippen molar-refractivity contribution in [3.05, 3.63) is 119 Å². The predicted octanol–water partition coefficient (Wildman–Crippen LogP) is 5.16. The topological polar surface area (TPSA) is 46.8 Å². The lowest BCUT2D eigenvalue weighted by molar-refractivity contribution is 0.413. The Hall–Kier alpha value is -3.42. The SMILES string of the molecule is COc1cccc([C@@H]2C3=C(N=c4s/c(=C/c5ccc(N(C)C)c(Br)c5)c(=O)n42)c2ccccc2CC3)c1. The molecule has 37 heavy (non-hydrogen) atoms. The zero-order valence-electron chi connectivity index (χ0n) is 20.9. The van der Waals surface area contributed by atoms with E-state index < -0.39 is 0 Å². The molecule has 0 unspecified atom stereocenters. The number of hydrogen-bond acceptors (Lipinski definition) is 5. The van der Waals surface area contributed by atoms with Crippen molar-refractivity contribution in [2.45, 2.75) is 18.9 Å². The average Bonchev–Trinajstić information content (AvgIpc) is 3.21. The van der Waals surface area contributed by atoms with Gasteiger partial charge in [0, 0.05) is 24.1 Å². The molecule has 186 valence electrons. The van der Waals surface area contributed by atoms with Gasteiger partial charge in [0.25, 0.3) is 5.56 Å². The summed E-state index contributed by atoms with van der Waals surface area (Å²) in [5.41, 5.74) is 7.72. The van der Waals surface area contributed by atoms with Crippen molar-refractivity contribution in [3.8, 4) is 5.75 Å². The van der Waals surface area contributed by atoms with Crippen molar-refractivity contribution in [2.75, 3.05) is 26.1 Å². The van der Waals surface area contributed by atoms with Gasteiger partial charge in [0.15, 0.2) is 4.80 Å². The normalized spacial score (nSPS) is 16.5. The van der Waals surface area contributed by atoms with Crippen LogP contribution in [0.5, 0.6) is 5.75 Å². The number of allylic oxidation sites excluding steroid dienone is 1. The summed E-state index contributed by atoms with van der Waals surface area (Å²) >= 11 is 5.12. The Balaban J connectivity index is 1.58. The zero-order valence-corrected chi connectivity index (χ0v) is 23.3. The summed E-state index contributed by atoms with van der Waals surface area (Å²) in [6, 6.07) is 22.4. The molecule has 0 amide bonds. The fourth-order valence-electron chi connectivity index (χ4n) is 5.26. The third kappa shape index (κ3) is 4.16. The smallest absolute Gasteiger partial charge is 0.271 e. The number of fused-ring (bicyclic) bond motifs is 3. The summed E-state index contributed by atoms with van der Waals surface area (Å²) in [6.07, 6.45) is 3.76. The first-order valence-corrected chi connectivity index (χ1v) is 13.8. The van der Waals surface area contributed by atoms with E-state index in [4.69, 9.17) is 9.73 Å². The van der Waals surface area contributed by atoms with Crippen LogP contribution in [0, 0.1) is 0 Å². The highest BCUT2D eigenvalue weighted by Gasteiger charge is 2.32. The zero-order chi connectivity index (χ0) is 25.7. The third-order valence-corrected chi connectivity index (χ3v) is 8.65. The van der Waals surface area contributed by atoms with Crippen molar-refractivity contribution in [2.24, 2.45) is 4.99 Å². The third-order valence-electron chi connectivity index (χ3n) is 7.03. The van der Waals surface area contributed by atoms with Crippen molar-refractivity contribution < 1.29 is 4.74 Å². The van der Waals surface area contributed by atoms with Gasteiger partial charge < -0.3 is 9.64 Å². The standard InChI is InChI=1S/C30H26BrN3O2S/c1-33(2)25-14-11-18(15-24(25)31)16-26-29(35)34-28(20-8-6-9-21(17-20)36-3)23-13-12-19-7-4-5-10-22(19)27(23)32-30(34)37-26/h4-11,14-17,28H,12-13H2,1-3H3/b26-16+/t28-/m1/s1. The lowest BCUT2D eigenvalue weighted by atomic mass is 9.83. The van der Waals surface area contributed by atoms with Crippen LogP contribution in [0.2, 0.25) is 0 Å². The Bertz CT molecular complexity index is 1750. The summed E-state index contributed by atoms with van der Waals surface area (Å²) in [5.74, 6) is 0.779. The number of rotatable bonds is 4. The molecule has 0 bridgehead atoms. The van der Waals surface area contributed by atoms with Gasteiger partial charge >= 0.3 is 0 Å². The number of anilines is 1. The lowest BCUT2D eigenvalue weighted by Gasteiger charge is -2.31. The van der Waals surface area contributed by atoms with Gasteiger partial charge in [-0.05, 0) is 81.4 Å². The predicted molar refractivity (Wildman–Crippen MR) is 154 cm³/mol. The van der Waals surface area contributed by atoms with E-state index in [1.54, 1.807) is 7.11 Å². The molecule has 1 aliphatic heterocycles. The molecule has 0 fully saturated rings. The van der Waals surface area contributed by atoms with Gasteiger partial charge in [-0.1, -0.05) is 53.8 Å². The molecule has 0 radical (unpaired) electrons. The lowest BCUT2D eigenvalue weighted by Crippen LogP contribution is -2.38. The molecule has 1 aromatic heterocycles. The fraction of sp³-hybridized carbons (Fsp3) is 0.200. The van der Waals surface area contributed by atoms with Gasteiger partial charge in [-0.15, -0.1) is 0 Å². The molecule has 3 aromatic carbocycles. The van der Waals surface area contributed by atoms with Crippen LogP contribution in [-0.2, 0) is 6.42 Å². The largest absolute Gasteiger partial charge is 0.497 e. The van der Waals surface area contributed by atoms with E-state index in [-0.39, 0.29) is 11.6 Å². The highest BCUT2D eigenvalue weighted by molar-refractivity contribution is 9.10. The summed E-state index contributed by atoms with van der Waals surface area (Å²) in [4.78, 5) is 21.8. The van der Waals surface area contributed by atoms with Gasteiger partial charge in [0.1, 0.15) is 5.75 Å². The minimum absolute atomic E-state index is 0.0187. The van der Waals surface area contributed by atoms with Crippen LogP contribution >= 0.6 is 27.3 Å². The van der Waals surface area contributed by atoms with E-state index in [1.807, 2.05) is 55.1 Å². The molecular weight excluding hydrogens is 546 g/mol. The van der Waals surface area contributed by atoms with E-state index in [1.165, 1.54) is 22.5 Å². The van der Waals surface area contributed by atoms with Crippen LogP contribution in [0.1, 0.15) is 34.7 Å². The molecule has 0 saturated carbocycles. The van der Waals surface area contributed by atoms with E-state index in [9.17, 15) is 4.79 Å². The summed E-state index contributed by atoms with van der Waals surface area (Å²) in [5, 5.41) is 0. The van der Waals surface area contributed by atoms with Crippen molar-refractivity contribution in [3.63, 3.8) is 0 Å². The minimum atomic E-state index is -0.222. The van der Waals surface area contributed by atoms with E-state index >= 15 is 0 Å². The Labute approximate surface area is 227 Å². The molecule has 2 aliphatic rings. The first kappa shape index (κ1) is 23.9. The van der Waals surface area contributed by atoms with Gasteiger partial charge in [-0.2, -0.15) is 0 Å². The molecule has 6 rings (SSSR count). The molecule has 0 saturated heterocycles. The maximum atomic E-state index is 13.9. The van der Waals surface area contributed by atoms with Crippen LogP contribution < -0.4 is 24.5 Å². The quantitative estimate of drug-likeness (QED) is 0.340. The van der Waals surface area contributed by atoms with Crippen LogP contribution in [-0.4, -0.2) is 25.8 Å². The number of hydrogen-bond donors (Lipinski definition) is 0. The van der Waals surface area contributed by atoms with Gasteiger partial charge in [0.05, 0.1) is 29.1 Å². The Morgan fingerprint density at radius 2 is 1.92 bits per heavy atom. The van der Waals surface area contributed by atoms with Crippen molar-refractivity contribution in [1.82, 2.24) is 4.57 Å². The molecule has 1 aliphatic carbocycles. The van der Waals surface area contributed by atoms with Gasteiger partial charge in [-0.25, -0.2) is 4.99 Å². The summed E-state index contributed by atoms with van der Waals surface area (Å²) in [6.45, 7) is 0. The average molecular weight is 573 g/mol. The molecule has 4 aromatic rings. The van der Waals surface area contributed by atoms with Crippen LogP contribution in [0.25, 0.3) is 11.8 Å². The number of aromatic nitrogens is 1. The molecule has 0 N–H and O–H groups in total. The number of methoxy groups -OCH3 is 1. The number of halogens is 1. The number of aryl methyl sites for hydroxylation is 1. The van der Waals surface area contributed by atoms with Crippen molar-refractivity contribution >= 4 is 44.7 Å². The number of nitrogens with zero attached hydrogens (tertiary/aromatic N) is 3. The number of thiazole rings is 1. The molecule has 0 spiro atoms. The first-order chi connectivity index (χ1) is 17.9. The maximum absolute atomic E-state index is 13.9. The second kappa shape index (κ2) is 9.47. The second-order valence-corrected chi connectivity index (χ2v) is 11.4. The fourth-order valence-corrected chi connectivity index (χ4v) is 7.01. The summed E-state index contributed by atoms with van der Waals surface area (Å²) < 4.78 is 9.07. The maximum Gasteiger partial charge on any atom is 0.271 e. The van der Waals surface area contributed by atoms with Crippen LogP contribution in [0.4, 0.5) is 5.69 Å². The van der Waals surface area contributed by atoms with Gasteiger partial charge in [0.2, 0.25) is 0 Å². The second-order valence-electron chi connectivity index (χ2n) is 9.50. The number of ether oxygens (including phenoxy) is 1. The first-order valence-electron chi connectivity index (χ1n) is 12.2. The Morgan fingerprint density at radius 3 is 2.70 bits per heavy atom. The molecule has 5 nitrogen and oxygen atoms in total. The Kier molecular flexibility index (Phi) is 6.13. The van der Waals surface area contributed by atoms with Crippen molar-refractivity contribution in [1.29, 1.82) is 0 Å². The minimum Gasteiger partial charge on any atom is -0.497 e. The number of benzene rings is 3. The molecular formula is C30H26BrN3O2S. The van der Waals surface area contributed by atoms with Crippen LogP contribution in [0.15, 0.2) is 86.6 Å². The van der Waals surface area contributed by atoms with E-state index in [2.05, 4.69) is 57.2 Å². The van der Waals surface area contributed by atoms with Gasteiger partial charge in [-0.3, -0.25) is 9.36 Å². The highest BCUT2D eigenvalue weighted by atomic mass is 79.9. The van der Waals surface area contributed by atoms with Crippen LogP contribution in [0.3, 0.4) is 0 Å². The van der Waals surface area contributed by atoms with E-state index in [0.717, 1.165) is 55.9 Å². The monoisotopic (exact) mass is 571 g/mol. The summed E-state index contributed by atoms with van der Waals surface area (Å²) in [7, 11) is 5.69. The molecule has 7 heteroatoms. The molecule has 1 atom stereocenters. The highest BCUT2D eigenvalue weighted by Crippen LogP contribution is 2.41. The Morgan fingerprint density at radius 1 is 1.08 bits per heavy atom. The van der Waals surface area contributed by atoms with E-state index in [0.29, 0.717) is 4.53 Å².